The molecule has 0 N–H and O–H groups in total. The van der Waals surface area contributed by atoms with Crippen LogP contribution in [-0.2, 0) is 0 Å². The number of hydrogen-bond donors (Lipinski definition) is 0. The molecule has 0 radical (unpaired) electrons. The fourth-order valence-electron chi connectivity index (χ4n) is 2.31. The van der Waals surface area contributed by atoms with Gasteiger partial charge in [0.1, 0.15) is 11.4 Å². The Bertz CT molecular complexity index is 735. The monoisotopic (exact) mass is 255 g/mol. The summed E-state index contributed by atoms with van der Waals surface area (Å²) >= 11 is 0. The SMILES string of the molecule is Cc1ccccc1C1=[N+]([O-])c2cccc(F)c2C1=O. The first-order valence-corrected chi connectivity index (χ1v) is 5.84. The molecule has 2 aromatic carbocycles. The fraction of sp³-hybridized carbons (Fsp3) is 0.0667. The number of benzene rings is 2. The number of carbonyl (C=O) groups excluding carboxylic acids is 1. The molecule has 0 aromatic heterocycles. The van der Waals surface area contributed by atoms with Gasteiger partial charge in [-0.2, -0.15) is 4.74 Å². The van der Waals surface area contributed by atoms with Crippen LogP contribution in [0.3, 0.4) is 0 Å². The third-order valence-electron chi connectivity index (χ3n) is 3.26. The van der Waals surface area contributed by atoms with Crippen LogP contribution in [0.1, 0.15) is 21.5 Å². The highest BCUT2D eigenvalue weighted by Gasteiger charge is 2.39. The van der Waals surface area contributed by atoms with Crippen molar-refractivity contribution in [1.29, 1.82) is 0 Å². The Morgan fingerprint density at radius 1 is 1.11 bits per heavy atom. The fourth-order valence-corrected chi connectivity index (χ4v) is 2.31. The summed E-state index contributed by atoms with van der Waals surface area (Å²) in [5.41, 5.74) is 1.26. The number of Topliss-reactive ketones (excluding diaryl/α,β-unsaturated/α-hetero) is 1. The van der Waals surface area contributed by atoms with Crippen LogP contribution in [-0.4, -0.2) is 16.2 Å². The van der Waals surface area contributed by atoms with Crippen molar-refractivity contribution in [2.75, 3.05) is 0 Å². The second-order valence-electron chi connectivity index (χ2n) is 4.42. The van der Waals surface area contributed by atoms with Crippen LogP contribution < -0.4 is 0 Å². The standard InChI is InChI=1S/C15H10FNO2/c1-9-5-2-3-6-10(9)14-15(18)13-11(16)7-4-8-12(13)17(14)19/h2-8H,1H3. The first-order chi connectivity index (χ1) is 9.11. The van der Waals surface area contributed by atoms with E-state index < -0.39 is 11.6 Å². The number of rotatable bonds is 1. The van der Waals surface area contributed by atoms with Crippen molar-refractivity contribution in [1.82, 2.24) is 0 Å². The summed E-state index contributed by atoms with van der Waals surface area (Å²) in [4.78, 5) is 12.3. The molecule has 3 rings (SSSR count). The van der Waals surface area contributed by atoms with Gasteiger partial charge < -0.3 is 5.21 Å². The van der Waals surface area contributed by atoms with Gasteiger partial charge in [-0.3, -0.25) is 4.79 Å². The van der Waals surface area contributed by atoms with Gasteiger partial charge in [0.25, 0.3) is 11.5 Å². The highest BCUT2D eigenvalue weighted by Crippen LogP contribution is 2.30. The van der Waals surface area contributed by atoms with Crippen molar-refractivity contribution in [3.8, 4) is 0 Å². The van der Waals surface area contributed by atoms with E-state index in [9.17, 15) is 14.4 Å². The molecule has 0 amide bonds. The summed E-state index contributed by atoms with van der Waals surface area (Å²) in [6.45, 7) is 1.81. The number of carbonyl (C=O) groups is 1. The van der Waals surface area contributed by atoms with Gasteiger partial charge in [0, 0.05) is 6.07 Å². The lowest BCUT2D eigenvalue weighted by molar-refractivity contribution is -0.355. The molecule has 4 heteroatoms. The Labute approximate surface area is 109 Å². The van der Waals surface area contributed by atoms with Gasteiger partial charge in [-0.1, -0.05) is 24.3 Å². The van der Waals surface area contributed by atoms with Crippen LogP contribution in [0.25, 0.3) is 0 Å². The number of ketones is 1. The molecule has 0 saturated carbocycles. The van der Waals surface area contributed by atoms with Crippen molar-refractivity contribution in [2.45, 2.75) is 6.92 Å². The van der Waals surface area contributed by atoms with E-state index in [1.807, 2.05) is 19.1 Å². The van der Waals surface area contributed by atoms with Gasteiger partial charge >= 0.3 is 0 Å². The van der Waals surface area contributed by atoms with Gasteiger partial charge in [0.05, 0.1) is 5.56 Å². The Kier molecular flexibility index (Phi) is 2.45. The van der Waals surface area contributed by atoms with E-state index in [0.717, 1.165) is 5.56 Å². The number of fused-ring (bicyclic) bond motifs is 1. The number of hydrogen-bond acceptors (Lipinski definition) is 2. The van der Waals surface area contributed by atoms with Crippen LogP contribution in [0.15, 0.2) is 42.5 Å². The lowest BCUT2D eigenvalue weighted by Crippen LogP contribution is -2.18. The summed E-state index contributed by atoms with van der Waals surface area (Å²) in [6.07, 6.45) is 0. The molecule has 0 saturated heterocycles. The van der Waals surface area contributed by atoms with Crippen LogP contribution in [0.5, 0.6) is 0 Å². The maximum atomic E-state index is 13.7. The minimum Gasteiger partial charge on any atom is -0.618 e. The molecular weight excluding hydrogens is 245 g/mol. The van der Waals surface area contributed by atoms with Crippen LogP contribution in [0, 0.1) is 17.9 Å². The molecule has 3 nitrogen and oxygen atoms in total. The lowest BCUT2D eigenvalue weighted by atomic mass is 9.99. The Hall–Kier alpha value is -2.49. The van der Waals surface area contributed by atoms with E-state index in [1.54, 1.807) is 12.1 Å². The summed E-state index contributed by atoms with van der Waals surface area (Å²) in [5, 5.41) is 12.2. The average molecular weight is 255 g/mol. The van der Waals surface area contributed by atoms with E-state index in [0.29, 0.717) is 10.3 Å². The van der Waals surface area contributed by atoms with E-state index in [2.05, 4.69) is 0 Å². The third-order valence-corrected chi connectivity index (χ3v) is 3.26. The van der Waals surface area contributed by atoms with Crippen molar-refractivity contribution >= 4 is 17.2 Å². The lowest BCUT2D eigenvalue weighted by Gasteiger charge is -2.04. The Morgan fingerprint density at radius 3 is 2.53 bits per heavy atom. The second-order valence-corrected chi connectivity index (χ2v) is 4.42. The molecule has 0 unspecified atom stereocenters. The molecule has 0 spiro atoms. The summed E-state index contributed by atoms with van der Waals surface area (Å²) in [5.74, 6) is -1.22. The first-order valence-electron chi connectivity index (χ1n) is 5.84. The van der Waals surface area contributed by atoms with E-state index in [1.165, 1.54) is 18.2 Å². The molecule has 0 fully saturated rings. The second kappa shape index (κ2) is 4.02. The first kappa shape index (κ1) is 11.6. The largest absolute Gasteiger partial charge is 0.618 e. The zero-order valence-electron chi connectivity index (χ0n) is 10.2. The molecule has 2 aromatic rings. The maximum Gasteiger partial charge on any atom is 0.273 e. The highest BCUT2D eigenvalue weighted by molar-refractivity contribution is 6.52. The topological polar surface area (TPSA) is 43.1 Å². The van der Waals surface area contributed by atoms with E-state index in [4.69, 9.17) is 0 Å². The van der Waals surface area contributed by atoms with E-state index >= 15 is 0 Å². The summed E-state index contributed by atoms with van der Waals surface area (Å²) < 4.78 is 14.2. The predicted octanol–water partition coefficient (Wildman–Crippen LogP) is 2.96. The molecule has 1 aliphatic heterocycles. The maximum absolute atomic E-state index is 13.7. The van der Waals surface area contributed by atoms with Crippen molar-refractivity contribution < 1.29 is 13.9 Å². The summed E-state index contributed by atoms with van der Waals surface area (Å²) in [6, 6.07) is 11.1. The summed E-state index contributed by atoms with van der Waals surface area (Å²) in [7, 11) is 0. The zero-order chi connectivity index (χ0) is 13.6. The van der Waals surface area contributed by atoms with Crippen molar-refractivity contribution in [3.05, 3.63) is 70.2 Å². The van der Waals surface area contributed by atoms with Gasteiger partial charge in [-0.25, -0.2) is 4.39 Å². The Balaban J connectivity index is 2.27. The number of nitrogens with zero attached hydrogens (tertiary/aromatic N) is 1. The molecule has 1 aliphatic rings. The average Bonchev–Trinajstić information content (AvgIpc) is 2.64. The van der Waals surface area contributed by atoms with Gasteiger partial charge in [-0.05, 0) is 24.6 Å². The normalized spacial score (nSPS) is 13.9. The zero-order valence-corrected chi connectivity index (χ0v) is 10.2. The smallest absolute Gasteiger partial charge is 0.273 e. The highest BCUT2D eigenvalue weighted by atomic mass is 19.1. The number of aryl methyl sites for hydroxylation is 1. The minimum absolute atomic E-state index is 0.0156. The molecule has 94 valence electrons. The van der Waals surface area contributed by atoms with Crippen LogP contribution in [0.4, 0.5) is 10.1 Å². The molecule has 1 heterocycles. The van der Waals surface area contributed by atoms with Gasteiger partial charge in [-0.15, -0.1) is 0 Å². The van der Waals surface area contributed by atoms with Crippen molar-refractivity contribution in [2.24, 2.45) is 0 Å². The molecule has 0 bridgehead atoms. The Morgan fingerprint density at radius 2 is 1.84 bits per heavy atom. The minimum atomic E-state index is -0.660. The van der Waals surface area contributed by atoms with Gasteiger partial charge in [0.15, 0.2) is 0 Å². The molecule has 0 atom stereocenters. The molecular formula is C15H10FNO2. The number of halogens is 1. The molecule has 0 aliphatic carbocycles. The molecule has 19 heavy (non-hydrogen) atoms. The predicted molar refractivity (Wildman–Crippen MR) is 69.3 cm³/mol. The van der Waals surface area contributed by atoms with Gasteiger partial charge in [0.2, 0.25) is 5.69 Å². The van der Waals surface area contributed by atoms with Crippen LogP contribution >= 0.6 is 0 Å². The quantitative estimate of drug-likeness (QED) is 0.580. The third kappa shape index (κ3) is 1.57. The van der Waals surface area contributed by atoms with Crippen LogP contribution in [0.2, 0.25) is 0 Å². The van der Waals surface area contributed by atoms with E-state index in [-0.39, 0.29) is 17.0 Å². The van der Waals surface area contributed by atoms with Crippen molar-refractivity contribution in [3.63, 3.8) is 0 Å².